The molecule has 0 bridgehead atoms. The molecule has 0 unspecified atom stereocenters. The van der Waals surface area contributed by atoms with E-state index < -0.39 is 0 Å². The van der Waals surface area contributed by atoms with Crippen LogP contribution >= 0.6 is 0 Å². The Balaban J connectivity index is 1.94. The largest absolute Gasteiger partial charge is 0.352 e. The molecule has 132 valence electrons. The van der Waals surface area contributed by atoms with Gasteiger partial charge in [-0.15, -0.1) is 0 Å². The quantitative estimate of drug-likeness (QED) is 0.670. The first kappa shape index (κ1) is 18.7. The first-order valence-corrected chi connectivity index (χ1v) is 8.55. The zero-order valence-corrected chi connectivity index (χ0v) is 14.7. The lowest BCUT2D eigenvalue weighted by Crippen LogP contribution is -2.87. The van der Waals surface area contributed by atoms with Crippen LogP contribution in [0.15, 0.2) is 60.7 Å². The highest BCUT2D eigenvalue weighted by Gasteiger charge is 2.18. The number of carbonyl (C=O) groups excluding carboxylic acids is 2. The molecular formula is C20H26N3O2+. The number of hydrogen-bond acceptors (Lipinski definition) is 2. The minimum absolute atomic E-state index is 0.00614. The summed E-state index contributed by atoms with van der Waals surface area (Å²) in [5.74, 6) is -0.332. The van der Waals surface area contributed by atoms with Gasteiger partial charge in [-0.25, -0.2) is 0 Å². The molecule has 0 aliphatic heterocycles. The second-order valence-corrected chi connectivity index (χ2v) is 6.24. The van der Waals surface area contributed by atoms with E-state index in [2.05, 4.69) is 34.9 Å². The summed E-state index contributed by atoms with van der Waals surface area (Å²) in [6.07, 6.45) is 0. The molecule has 5 nitrogen and oxygen atoms in total. The maximum atomic E-state index is 12.1. The first-order valence-electron chi connectivity index (χ1n) is 8.55. The Morgan fingerprint density at radius 2 is 1.40 bits per heavy atom. The number of hydrogen-bond donors (Lipinski definition) is 3. The van der Waals surface area contributed by atoms with Gasteiger partial charge in [-0.2, -0.15) is 0 Å². The summed E-state index contributed by atoms with van der Waals surface area (Å²) < 4.78 is 0. The van der Waals surface area contributed by atoms with Gasteiger partial charge in [0.1, 0.15) is 6.04 Å². The molecule has 0 radical (unpaired) electrons. The van der Waals surface area contributed by atoms with Crippen molar-refractivity contribution in [1.82, 2.24) is 10.6 Å². The summed E-state index contributed by atoms with van der Waals surface area (Å²) in [5, 5.41) is 7.40. The normalized spacial score (nSPS) is 10.7. The summed E-state index contributed by atoms with van der Waals surface area (Å²) in [6, 6.07) is 20.3. The molecule has 2 aromatic rings. The van der Waals surface area contributed by atoms with E-state index in [0.717, 1.165) is 11.1 Å². The minimum atomic E-state index is -0.175. The molecule has 0 heterocycles. The van der Waals surface area contributed by atoms with Crippen molar-refractivity contribution < 1.29 is 14.9 Å². The molecule has 25 heavy (non-hydrogen) atoms. The van der Waals surface area contributed by atoms with Gasteiger partial charge in [0.2, 0.25) is 5.91 Å². The molecular weight excluding hydrogens is 314 g/mol. The second kappa shape index (κ2) is 9.59. The lowest BCUT2D eigenvalue weighted by molar-refractivity contribution is -0.676. The summed E-state index contributed by atoms with van der Waals surface area (Å²) in [7, 11) is 0. The van der Waals surface area contributed by atoms with E-state index in [4.69, 9.17) is 0 Å². The topological polar surface area (TPSA) is 74.8 Å². The monoisotopic (exact) mass is 340 g/mol. The lowest BCUT2D eigenvalue weighted by atomic mass is 9.99. The van der Waals surface area contributed by atoms with Crippen LogP contribution in [0.2, 0.25) is 0 Å². The maximum absolute atomic E-state index is 12.1. The molecule has 2 rings (SSSR count). The summed E-state index contributed by atoms with van der Waals surface area (Å²) in [5.41, 5.74) is 2.28. The predicted octanol–water partition coefficient (Wildman–Crippen LogP) is 0.980. The molecule has 2 amide bonds. The van der Waals surface area contributed by atoms with Crippen molar-refractivity contribution in [3.8, 4) is 0 Å². The van der Waals surface area contributed by atoms with Gasteiger partial charge in [0.25, 0.3) is 5.91 Å². The second-order valence-electron chi connectivity index (χ2n) is 6.24. The highest BCUT2D eigenvalue weighted by Crippen LogP contribution is 2.17. The van der Waals surface area contributed by atoms with E-state index in [9.17, 15) is 9.59 Å². The van der Waals surface area contributed by atoms with Gasteiger partial charge in [-0.3, -0.25) is 9.59 Å². The molecule has 0 spiro atoms. The number of quaternary nitrogens is 1. The molecule has 5 heteroatoms. The van der Waals surface area contributed by atoms with Crippen LogP contribution in [0, 0.1) is 0 Å². The number of nitrogens with two attached hydrogens (primary N) is 1. The Bertz CT molecular complexity index is 632. The number of amides is 2. The zero-order valence-electron chi connectivity index (χ0n) is 14.7. The van der Waals surface area contributed by atoms with Crippen molar-refractivity contribution in [2.24, 2.45) is 0 Å². The Morgan fingerprint density at radius 3 is 1.88 bits per heavy atom. The van der Waals surface area contributed by atoms with E-state index in [0.29, 0.717) is 0 Å². The fraction of sp³-hybridized carbons (Fsp3) is 0.300. The minimum Gasteiger partial charge on any atom is -0.352 e. The van der Waals surface area contributed by atoms with Crippen LogP contribution in [0.3, 0.4) is 0 Å². The number of rotatable bonds is 8. The van der Waals surface area contributed by atoms with E-state index in [1.165, 1.54) is 0 Å². The third kappa shape index (κ3) is 6.39. The van der Waals surface area contributed by atoms with Crippen LogP contribution in [0.25, 0.3) is 0 Å². The van der Waals surface area contributed by atoms with Gasteiger partial charge in [-0.1, -0.05) is 60.7 Å². The molecule has 0 aliphatic rings. The van der Waals surface area contributed by atoms with Crippen LogP contribution in [0.4, 0.5) is 0 Å². The van der Waals surface area contributed by atoms with Crippen LogP contribution < -0.4 is 16.0 Å². The van der Waals surface area contributed by atoms with Gasteiger partial charge in [-0.05, 0) is 13.8 Å². The van der Waals surface area contributed by atoms with Crippen molar-refractivity contribution in [1.29, 1.82) is 0 Å². The predicted molar refractivity (Wildman–Crippen MR) is 97.8 cm³/mol. The van der Waals surface area contributed by atoms with Gasteiger partial charge in [0, 0.05) is 17.2 Å². The van der Waals surface area contributed by atoms with Gasteiger partial charge in [0.05, 0.1) is 6.54 Å². The Kier molecular flexibility index (Phi) is 7.16. The average Bonchev–Trinajstić information content (AvgIpc) is 2.61. The Morgan fingerprint density at radius 1 is 0.880 bits per heavy atom. The lowest BCUT2D eigenvalue weighted by Gasteiger charge is -2.16. The van der Waals surface area contributed by atoms with Crippen molar-refractivity contribution >= 4 is 11.8 Å². The fourth-order valence-electron chi connectivity index (χ4n) is 2.63. The SMILES string of the molecule is CC(C)NC(=O)CNC(=O)C[NH2+]C(c1ccccc1)c1ccccc1. The molecule has 4 N–H and O–H groups in total. The standard InChI is InChI=1S/C20H25N3O2/c1-15(2)23-19(25)14-21-18(24)13-22-20(16-9-5-3-6-10-16)17-11-7-4-8-12-17/h3-12,15,20,22H,13-14H2,1-2H3,(H,21,24)(H,23,25)/p+1. The Hall–Kier alpha value is -2.66. The average molecular weight is 340 g/mol. The molecule has 2 aromatic carbocycles. The number of nitrogens with one attached hydrogen (secondary N) is 2. The van der Waals surface area contributed by atoms with E-state index in [1.54, 1.807) is 0 Å². The number of benzene rings is 2. The highest BCUT2D eigenvalue weighted by atomic mass is 16.2. The molecule has 0 atom stereocenters. The van der Waals surface area contributed by atoms with Crippen molar-refractivity contribution in [3.05, 3.63) is 71.8 Å². The summed E-state index contributed by atoms with van der Waals surface area (Å²) in [4.78, 5) is 23.7. The zero-order chi connectivity index (χ0) is 18.1. The van der Waals surface area contributed by atoms with Crippen molar-refractivity contribution in [2.75, 3.05) is 13.1 Å². The van der Waals surface area contributed by atoms with Crippen molar-refractivity contribution in [3.63, 3.8) is 0 Å². The van der Waals surface area contributed by atoms with Crippen LogP contribution in [-0.2, 0) is 9.59 Å². The molecule has 0 saturated carbocycles. The fourth-order valence-corrected chi connectivity index (χ4v) is 2.63. The summed E-state index contributed by atoms with van der Waals surface area (Å²) in [6.45, 7) is 4.03. The molecule has 0 aromatic heterocycles. The van der Waals surface area contributed by atoms with Crippen LogP contribution in [-0.4, -0.2) is 30.9 Å². The smallest absolute Gasteiger partial charge is 0.275 e. The molecule has 0 fully saturated rings. The van der Waals surface area contributed by atoms with Gasteiger partial charge >= 0.3 is 0 Å². The van der Waals surface area contributed by atoms with Crippen LogP contribution in [0.1, 0.15) is 31.0 Å². The van der Waals surface area contributed by atoms with Gasteiger partial charge < -0.3 is 16.0 Å². The third-order valence-corrected chi connectivity index (χ3v) is 3.75. The van der Waals surface area contributed by atoms with E-state index in [-0.39, 0.29) is 37.0 Å². The van der Waals surface area contributed by atoms with E-state index >= 15 is 0 Å². The molecule has 0 aliphatic carbocycles. The van der Waals surface area contributed by atoms with E-state index in [1.807, 2.05) is 55.6 Å². The first-order chi connectivity index (χ1) is 12.1. The van der Waals surface area contributed by atoms with Crippen LogP contribution in [0.5, 0.6) is 0 Å². The number of carbonyl (C=O) groups is 2. The molecule has 0 saturated heterocycles. The Labute approximate surface area is 148 Å². The van der Waals surface area contributed by atoms with Gasteiger partial charge in [0.15, 0.2) is 6.54 Å². The summed E-state index contributed by atoms with van der Waals surface area (Å²) >= 11 is 0. The maximum Gasteiger partial charge on any atom is 0.275 e. The van der Waals surface area contributed by atoms with Crippen molar-refractivity contribution in [2.45, 2.75) is 25.9 Å². The third-order valence-electron chi connectivity index (χ3n) is 3.75. The highest BCUT2D eigenvalue weighted by molar-refractivity contribution is 5.85.